The van der Waals surface area contributed by atoms with Crippen LogP contribution in [-0.4, -0.2) is 61.9 Å². The minimum absolute atomic E-state index is 0.0522. The topological polar surface area (TPSA) is 97.3 Å². The molecule has 1 saturated heterocycles. The van der Waals surface area contributed by atoms with E-state index in [2.05, 4.69) is 25.2 Å². The number of nitrogens with one attached hydrogen (secondary N) is 1. The predicted molar refractivity (Wildman–Crippen MR) is 132 cm³/mol. The van der Waals surface area contributed by atoms with Crippen molar-refractivity contribution in [2.45, 2.75) is 32.0 Å². The van der Waals surface area contributed by atoms with Crippen molar-refractivity contribution in [3.8, 4) is 0 Å². The molecule has 0 bridgehead atoms. The first-order valence-electron chi connectivity index (χ1n) is 11.8. The number of sulfone groups is 1. The van der Waals surface area contributed by atoms with Gasteiger partial charge in [-0.1, -0.05) is 12.1 Å². The third-order valence-electron chi connectivity index (χ3n) is 6.42. The number of aromatic nitrogens is 3. The second-order valence-corrected chi connectivity index (χ2v) is 11.5. The first-order chi connectivity index (χ1) is 18.1. The smallest absolute Gasteiger partial charge is 0.378 e. The number of anilines is 2. The van der Waals surface area contributed by atoms with E-state index < -0.39 is 51.7 Å². The quantitative estimate of drug-likeness (QED) is 0.406. The molecule has 1 fully saturated rings. The van der Waals surface area contributed by atoms with Crippen molar-refractivity contribution >= 4 is 32.2 Å². The molecule has 1 aliphatic rings. The maximum atomic E-state index is 15.2. The Balaban J connectivity index is 1.79. The van der Waals surface area contributed by atoms with Gasteiger partial charge in [0.2, 0.25) is 0 Å². The molecule has 2 aromatic heterocycles. The second-order valence-electron chi connectivity index (χ2n) is 9.24. The number of halogens is 6. The summed E-state index contributed by atoms with van der Waals surface area (Å²) in [5, 5.41) is 10.9. The zero-order chi connectivity index (χ0) is 28.8. The molecule has 212 valence electrons. The van der Waals surface area contributed by atoms with Gasteiger partial charge in [-0.05, 0) is 26.0 Å². The molecule has 1 atom stereocenters. The standard InChI is InChI=1S/C24H25F6N5O3S/c1-13(15-5-4-6-17(19(15)25)23(26,27)12-38-3)31-22-16-11-18(35-7-9-39(36,37)10-8-35)21(24(28,29)30)32-20(16)14(2)33-34-22/h4-6,11,13H,7-10,12H2,1-3H3,(H,31,34)/t13-/m1/s1. The largest absolute Gasteiger partial charge is 0.435 e. The van der Waals surface area contributed by atoms with Crippen molar-refractivity contribution < 1.29 is 39.5 Å². The van der Waals surface area contributed by atoms with E-state index in [4.69, 9.17) is 0 Å². The van der Waals surface area contributed by atoms with Crippen molar-refractivity contribution in [1.29, 1.82) is 0 Å². The molecule has 1 aliphatic heterocycles. The molecule has 1 aromatic carbocycles. The fourth-order valence-electron chi connectivity index (χ4n) is 4.40. The van der Waals surface area contributed by atoms with E-state index in [-0.39, 0.29) is 58.3 Å². The lowest BCUT2D eigenvalue weighted by atomic mass is 10.00. The number of aryl methyl sites for hydroxylation is 1. The highest BCUT2D eigenvalue weighted by atomic mass is 32.2. The number of alkyl halides is 5. The van der Waals surface area contributed by atoms with Crippen LogP contribution in [0.1, 0.15) is 35.5 Å². The Kier molecular flexibility index (Phi) is 7.69. The van der Waals surface area contributed by atoms with Crippen LogP contribution in [-0.2, 0) is 26.7 Å². The minimum atomic E-state index is -4.85. The molecule has 3 heterocycles. The molecular formula is C24H25F6N5O3S. The summed E-state index contributed by atoms with van der Waals surface area (Å²) < 4.78 is 114. The molecule has 15 heteroatoms. The Morgan fingerprint density at radius 1 is 1.13 bits per heavy atom. The molecule has 4 rings (SSSR count). The number of rotatable bonds is 7. The second kappa shape index (κ2) is 10.4. The molecule has 8 nitrogen and oxygen atoms in total. The summed E-state index contributed by atoms with van der Waals surface area (Å²) in [7, 11) is -2.31. The Morgan fingerprint density at radius 2 is 1.79 bits per heavy atom. The molecule has 0 spiro atoms. The summed E-state index contributed by atoms with van der Waals surface area (Å²) in [6.45, 7) is 1.53. The molecule has 0 amide bonds. The van der Waals surface area contributed by atoms with Crippen LogP contribution in [0.5, 0.6) is 0 Å². The van der Waals surface area contributed by atoms with E-state index in [9.17, 15) is 30.4 Å². The van der Waals surface area contributed by atoms with E-state index >= 15 is 4.39 Å². The molecule has 0 unspecified atom stereocenters. The monoisotopic (exact) mass is 577 g/mol. The summed E-state index contributed by atoms with van der Waals surface area (Å²) >= 11 is 0. The number of hydrogen-bond acceptors (Lipinski definition) is 8. The van der Waals surface area contributed by atoms with Crippen LogP contribution in [0.4, 0.5) is 37.8 Å². The van der Waals surface area contributed by atoms with Gasteiger partial charge in [0.1, 0.15) is 12.4 Å². The van der Waals surface area contributed by atoms with Gasteiger partial charge in [0.05, 0.1) is 40.0 Å². The number of pyridine rings is 1. The van der Waals surface area contributed by atoms with Gasteiger partial charge in [0, 0.05) is 31.1 Å². The van der Waals surface area contributed by atoms with Crippen molar-refractivity contribution in [3.05, 3.63) is 52.6 Å². The predicted octanol–water partition coefficient (Wildman–Crippen LogP) is 4.64. The fourth-order valence-corrected chi connectivity index (χ4v) is 5.60. The van der Waals surface area contributed by atoms with Gasteiger partial charge in [-0.15, -0.1) is 5.10 Å². The number of ether oxygens (including phenoxy) is 1. The van der Waals surface area contributed by atoms with E-state index in [1.807, 2.05) is 0 Å². The van der Waals surface area contributed by atoms with Gasteiger partial charge in [-0.3, -0.25) is 0 Å². The Bertz CT molecular complexity index is 1490. The van der Waals surface area contributed by atoms with Crippen LogP contribution in [0.3, 0.4) is 0 Å². The van der Waals surface area contributed by atoms with Crippen LogP contribution >= 0.6 is 0 Å². The van der Waals surface area contributed by atoms with E-state index in [0.717, 1.165) is 13.2 Å². The number of hydrogen-bond donors (Lipinski definition) is 1. The van der Waals surface area contributed by atoms with Gasteiger partial charge in [-0.2, -0.15) is 27.1 Å². The highest BCUT2D eigenvalue weighted by Crippen LogP contribution is 2.40. The van der Waals surface area contributed by atoms with E-state index in [1.165, 1.54) is 36.9 Å². The van der Waals surface area contributed by atoms with Gasteiger partial charge >= 0.3 is 6.18 Å². The summed E-state index contributed by atoms with van der Waals surface area (Å²) in [5.74, 6) is -5.46. The average molecular weight is 578 g/mol. The van der Waals surface area contributed by atoms with Crippen molar-refractivity contribution in [2.75, 3.05) is 48.5 Å². The molecule has 39 heavy (non-hydrogen) atoms. The Labute approximate surface area is 220 Å². The number of benzene rings is 1. The minimum Gasteiger partial charge on any atom is -0.378 e. The number of fused-ring (bicyclic) bond motifs is 1. The molecule has 0 radical (unpaired) electrons. The maximum absolute atomic E-state index is 15.2. The van der Waals surface area contributed by atoms with Crippen molar-refractivity contribution in [2.24, 2.45) is 0 Å². The fraction of sp³-hybridized carbons (Fsp3) is 0.458. The summed E-state index contributed by atoms with van der Waals surface area (Å²) in [5.41, 5.74) is -2.58. The third kappa shape index (κ3) is 5.88. The highest BCUT2D eigenvalue weighted by molar-refractivity contribution is 7.91. The lowest BCUT2D eigenvalue weighted by Gasteiger charge is -2.31. The maximum Gasteiger partial charge on any atom is 0.435 e. The molecular weight excluding hydrogens is 552 g/mol. The van der Waals surface area contributed by atoms with Gasteiger partial charge < -0.3 is 15.0 Å². The lowest BCUT2D eigenvalue weighted by molar-refractivity contribution is -0.140. The molecule has 0 saturated carbocycles. The van der Waals surface area contributed by atoms with Crippen molar-refractivity contribution in [3.63, 3.8) is 0 Å². The lowest BCUT2D eigenvalue weighted by Crippen LogP contribution is -2.41. The first kappa shape index (κ1) is 28.8. The normalized spacial score (nSPS) is 16.9. The van der Waals surface area contributed by atoms with Crippen LogP contribution in [0.15, 0.2) is 24.3 Å². The first-order valence-corrected chi connectivity index (χ1v) is 13.6. The van der Waals surface area contributed by atoms with Crippen LogP contribution in [0, 0.1) is 12.7 Å². The average Bonchev–Trinajstić information content (AvgIpc) is 2.84. The SMILES string of the molecule is COCC(F)(F)c1cccc([C@@H](C)Nc2nnc(C)c3nc(C(F)(F)F)c(N4CCS(=O)(=O)CC4)cc23)c1F. The molecule has 1 N–H and O–H groups in total. The summed E-state index contributed by atoms with van der Waals surface area (Å²) in [4.78, 5) is 5.13. The third-order valence-corrected chi connectivity index (χ3v) is 8.03. The van der Waals surface area contributed by atoms with Gasteiger partial charge in [-0.25, -0.2) is 17.8 Å². The van der Waals surface area contributed by atoms with Gasteiger partial charge in [0.15, 0.2) is 21.3 Å². The molecule has 0 aliphatic carbocycles. The van der Waals surface area contributed by atoms with Gasteiger partial charge in [0.25, 0.3) is 5.92 Å². The van der Waals surface area contributed by atoms with Crippen molar-refractivity contribution in [1.82, 2.24) is 15.2 Å². The zero-order valence-corrected chi connectivity index (χ0v) is 21.9. The summed E-state index contributed by atoms with van der Waals surface area (Å²) in [6, 6.07) is 3.73. The Morgan fingerprint density at radius 3 is 2.41 bits per heavy atom. The molecule has 3 aromatic rings. The van der Waals surface area contributed by atoms with Crippen LogP contribution in [0.2, 0.25) is 0 Å². The highest BCUT2D eigenvalue weighted by Gasteiger charge is 2.39. The number of nitrogens with zero attached hydrogens (tertiary/aromatic N) is 4. The van der Waals surface area contributed by atoms with E-state index in [1.54, 1.807) is 0 Å². The summed E-state index contributed by atoms with van der Waals surface area (Å²) in [6.07, 6.45) is -4.85. The zero-order valence-electron chi connectivity index (χ0n) is 21.1. The van der Waals surface area contributed by atoms with Crippen LogP contribution in [0.25, 0.3) is 10.9 Å². The number of methoxy groups -OCH3 is 1. The van der Waals surface area contributed by atoms with Crippen LogP contribution < -0.4 is 10.2 Å². The Hall–Kier alpha value is -3.20. The van der Waals surface area contributed by atoms with E-state index in [0.29, 0.717) is 0 Å².